The molecular weight excluding hydrogens is 212 g/mol. The summed E-state index contributed by atoms with van der Waals surface area (Å²) in [6.07, 6.45) is 1.70. The highest BCUT2D eigenvalue weighted by atomic mass is 35.5. The molecule has 76 valence electrons. The normalized spacial score (nSPS) is 10.0. The molecule has 0 radical (unpaired) electrons. The Kier molecular flexibility index (Phi) is 2.85. The average molecular weight is 221 g/mol. The number of aromatic nitrogens is 1. The third kappa shape index (κ3) is 2.09. The first-order valence-corrected chi connectivity index (χ1v) is 4.80. The fourth-order valence-corrected chi connectivity index (χ4v) is 1.53. The molecule has 0 saturated carbocycles. The first kappa shape index (κ1) is 9.96. The smallest absolute Gasteiger partial charge is 0.0717 e. The van der Waals surface area contributed by atoms with Crippen LogP contribution in [0.4, 0.5) is 5.69 Å². The van der Waals surface area contributed by atoms with E-state index in [-0.39, 0.29) is 0 Å². The Morgan fingerprint density at radius 2 is 2.07 bits per heavy atom. The molecule has 3 nitrogen and oxygen atoms in total. The Morgan fingerprint density at radius 3 is 2.73 bits per heavy atom. The van der Waals surface area contributed by atoms with Crippen LogP contribution in [0.1, 0.15) is 0 Å². The van der Waals surface area contributed by atoms with Crippen LogP contribution in [0.5, 0.6) is 0 Å². The molecule has 2 aromatic rings. The second-order valence-electron chi connectivity index (χ2n) is 3.02. The number of nitrogens with zero attached hydrogens (tertiary/aromatic N) is 1. The lowest BCUT2D eigenvalue weighted by Gasteiger charge is -2.05. The van der Waals surface area contributed by atoms with E-state index in [2.05, 4.69) is 10.5 Å². The van der Waals surface area contributed by atoms with Crippen LogP contribution in [0.3, 0.4) is 0 Å². The molecule has 15 heavy (non-hydrogen) atoms. The van der Waals surface area contributed by atoms with Gasteiger partial charge in [0.25, 0.3) is 0 Å². The van der Waals surface area contributed by atoms with Crippen molar-refractivity contribution in [1.29, 1.82) is 0 Å². The molecule has 2 rings (SSSR count). The molecule has 0 aliphatic heterocycles. The Labute approximate surface area is 92.3 Å². The van der Waals surface area contributed by atoms with Gasteiger partial charge >= 0.3 is 0 Å². The lowest BCUT2D eigenvalue weighted by atomic mass is 10.1. The summed E-state index contributed by atoms with van der Waals surface area (Å²) in [5.41, 5.74) is 4.23. The van der Waals surface area contributed by atoms with Crippen LogP contribution in [0.15, 0.2) is 42.6 Å². The van der Waals surface area contributed by atoms with Gasteiger partial charge in [-0.1, -0.05) is 17.7 Å². The summed E-state index contributed by atoms with van der Waals surface area (Å²) in [7, 11) is 0. The molecule has 0 atom stereocenters. The van der Waals surface area contributed by atoms with Crippen molar-refractivity contribution in [2.24, 2.45) is 0 Å². The van der Waals surface area contributed by atoms with Crippen molar-refractivity contribution in [1.82, 2.24) is 4.98 Å². The van der Waals surface area contributed by atoms with Gasteiger partial charge in [0.15, 0.2) is 0 Å². The molecule has 1 aromatic heterocycles. The lowest BCUT2D eigenvalue weighted by Crippen LogP contribution is -1.90. The van der Waals surface area contributed by atoms with Crippen LogP contribution in [-0.4, -0.2) is 10.2 Å². The van der Waals surface area contributed by atoms with Gasteiger partial charge in [-0.2, -0.15) is 0 Å². The maximum Gasteiger partial charge on any atom is 0.0717 e. The van der Waals surface area contributed by atoms with Gasteiger partial charge in [-0.15, -0.1) is 0 Å². The van der Waals surface area contributed by atoms with Gasteiger partial charge in [0, 0.05) is 11.8 Å². The zero-order valence-corrected chi connectivity index (χ0v) is 8.57. The van der Waals surface area contributed by atoms with Gasteiger partial charge in [-0.25, -0.2) is 0 Å². The van der Waals surface area contributed by atoms with Gasteiger partial charge < -0.3 is 0 Å². The van der Waals surface area contributed by atoms with Crippen molar-refractivity contribution < 1.29 is 5.21 Å². The second kappa shape index (κ2) is 4.29. The van der Waals surface area contributed by atoms with Crippen LogP contribution >= 0.6 is 11.6 Å². The molecule has 0 saturated heterocycles. The van der Waals surface area contributed by atoms with Crippen LogP contribution < -0.4 is 5.48 Å². The number of rotatable bonds is 2. The molecule has 1 heterocycles. The SMILES string of the molecule is ONc1ccc(Cl)c(-c2ccccn2)c1. The molecule has 0 unspecified atom stereocenters. The van der Waals surface area contributed by atoms with Crippen LogP contribution in [0.25, 0.3) is 11.3 Å². The van der Waals surface area contributed by atoms with E-state index in [1.807, 2.05) is 18.2 Å². The molecule has 2 N–H and O–H groups in total. The van der Waals surface area contributed by atoms with Crippen molar-refractivity contribution in [3.63, 3.8) is 0 Å². The van der Waals surface area contributed by atoms with E-state index >= 15 is 0 Å². The predicted molar refractivity (Wildman–Crippen MR) is 60.1 cm³/mol. The minimum atomic E-state index is 0.583. The van der Waals surface area contributed by atoms with E-state index in [1.165, 1.54) is 0 Å². The summed E-state index contributed by atoms with van der Waals surface area (Å²) in [5, 5.41) is 9.39. The molecule has 0 amide bonds. The molecule has 0 fully saturated rings. The fraction of sp³-hybridized carbons (Fsp3) is 0. The Bertz CT molecular complexity index is 459. The molecular formula is C11H9ClN2O. The zero-order chi connectivity index (χ0) is 10.7. The number of anilines is 1. The standard InChI is InChI=1S/C11H9ClN2O/c12-10-5-4-8(14-15)7-9(10)11-3-1-2-6-13-11/h1-7,14-15H. The summed E-state index contributed by atoms with van der Waals surface area (Å²) in [5.74, 6) is 0. The summed E-state index contributed by atoms with van der Waals surface area (Å²) >= 11 is 6.04. The van der Waals surface area contributed by atoms with E-state index in [0.717, 1.165) is 11.3 Å². The summed E-state index contributed by atoms with van der Waals surface area (Å²) in [4.78, 5) is 4.19. The fourth-order valence-electron chi connectivity index (χ4n) is 1.31. The summed E-state index contributed by atoms with van der Waals surface area (Å²) in [6, 6.07) is 10.7. The van der Waals surface area contributed by atoms with E-state index in [9.17, 15) is 0 Å². The summed E-state index contributed by atoms with van der Waals surface area (Å²) < 4.78 is 0. The van der Waals surface area contributed by atoms with Crippen LogP contribution in [0, 0.1) is 0 Å². The molecule has 1 aromatic carbocycles. The van der Waals surface area contributed by atoms with Crippen molar-refractivity contribution in [2.45, 2.75) is 0 Å². The van der Waals surface area contributed by atoms with Gasteiger partial charge in [0.05, 0.1) is 16.4 Å². The van der Waals surface area contributed by atoms with Crippen molar-refractivity contribution in [2.75, 3.05) is 5.48 Å². The number of nitrogens with one attached hydrogen (secondary N) is 1. The summed E-state index contributed by atoms with van der Waals surface area (Å²) in [6.45, 7) is 0. The van der Waals surface area contributed by atoms with E-state index in [0.29, 0.717) is 10.7 Å². The first-order chi connectivity index (χ1) is 7.31. The van der Waals surface area contributed by atoms with Gasteiger partial charge in [-0.05, 0) is 30.3 Å². The Morgan fingerprint density at radius 1 is 1.20 bits per heavy atom. The van der Waals surface area contributed by atoms with Gasteiger partial charge in [-0.3, -0.25) is 15.7 Å². The van der Waals surface area contributed by atoms with Crippen LogP contribution in [0.2, 0.25) is 5.02 Å². The van der Waals surface area contributed by atoms with Crippen molar-refractivity contribution in [3.05, 3.63) is 47.6 Å². The lowest BCUT2D eigenvalue weighted by molar-refractivity contribution is 0.389. The maximum absolute atomic E-state index is 8.79. The average Bonchev–Trinajstić information content (AvgIpc) is 2.31. The zero-order valence-electron chi connectivity index (χ0n) is 7.81. The number of halogens is 1. The Balaban J connectivity index is 2.52. The highest BCUT2D eigenvalue weighted by molar-refractivity contribution is 6.33. The number of hydrogen-bond acceptors (Lipinski definition) is 3. The molecule has 0 spiro atoms. The predicted octanol–water partition coefficient (Wildman–Crippen LogP) is 3.20. The van der Waals surface area contributed by atoms with Gasteiger partial charge in [0.2, 0.25) is 0 Å². The van der Waals surface area contributed by atoms with E-state index < -0.39 is 0 Å². The largest absolute Gasteiger partial charge is 0.291 e. The Hall–Kier alpha value is -1.58. The first-order valence-electron chi connectivity index (χ1n) is 4.42. The van der Waals surface area contributed by atoms with Crippen molar-refractivity contribution in [3.8, 4) is 11.3 Å². The monoisotopic (exact) mass is 220 g/mol. The third-order valence-corrected chi connectivity index (χ3v) is 2.37. The molecule has 4 heteroatoms. The topological polar surface area (TPSA) is 45.1 Å². The minimum Gasteiger partial charge on any atom is -0.291 e. The molecule has 0 bridgehead atoms. The van der Waals surface area contributed by atoms with Crippen molar-refractivity contribution >= 4 is 17.3 Å². The second-order valence-corrected chi connectivity index (χ2v) is 3.43. The minimum absolute atomic E-state index is 0.583. The number of pyridine rings is 1. The van der Waals surface area contributed by atoms with Crippen LogP contribution in [-0.2, 0) is 0 Å². The quantitative estimate of drug-likeness (QED) is 0.764. The van der Waals surface area contributed by atoms with E-state index in [4.69, 9.17) is 16.8 Å². The highest BCUT2D eigenvalue weighted by Crippen LogP contribution is 2.28. The molecule has 0 aliphatic carbocycles. The molecule has 0 aliphatic rings. The number of benzene rings is 1. The third-order valence-electron chi connectivity index (χ3n) is 2.04. The number of hydrogen-bond donors (Lipinski definition) is 2. The van der Waals surface area contributed by atoms with E-state index in [1.54, 1.807) is 24.4 Å². The maximum atomic E-state index is 8.79. The highest BCUT2D eigenvalue weighted by Gasteiger charge is 2.04. The van der Waals surface area contributed by atoms with Gasteiger partial charge in [0.1, 0.15) is 0 Å².